The third-order valence-electron chi connectivity index (χ3n) is 5.37. The van der Waals surface area contributed by atoms with Gasteiger partial charge >= 0.3 is 5.97 Å². The lowest BCUT2D eigenvalue weighted by atomic mass is 9.75. The van der Waals surface area contributed by atoms with Gasteiger partial charge in [-0.2, -0.15) is 0 Å². The minimum Gasteiger partial charge on any atom is -0.469 e. The summed E-state index contributed by atoms with van der Waals surface area (Å²) in [5.41, 5.74) is 1.28. The molecule has 1 aromatic carbocycles. The van der Waals surface area contributed by atoms with E-state index in [0.29, 0.717) is 18.0 Å². The van der Waals surface area contributed by atoms with Crippen LogP contribution in [0.1, 0.15) is 31.2 Å². The molecule has 0 unspecified atom stereocenters. The highest BCUT2D eigenvalue weighted by Crippen LogP contribution is 2.48. The molecule has 5 atom stereocenters. The fraction of sp³-hybridized carbons (Fsp3) is 0.588. The Morgan fingerprint density at radius 3 is 2.57 bits per heavy atom. The average molecular weight is 399 g/mol. The van der Waals surface area contributed by atoms with Gasteiger partial charge in [-0.05, 0) is 66.1 Å². The van der Waals surface area contributed by atoms with Crippen molar-refractivity contribution < 1.29 is 9.53 Å². The number of piperidine rings is 1. The molecule has 0 N–H and O–H groups in total. The van der Waals surface area contributed by atoms with E-state index in [9.17, 15) is 4.79 Å². The quantitative estimate of drug-likeness (QED) is 0.565. The van der Waals surface area contributed by atoms with Gasteiger partial charge < -0.3 is 4.74 Å². The van der Waals surface area contributed by atoms with Gasteiger partial charge in [0.05, 0.1) is 13.0 Å². The minimum absolute atomic E-state index is 0.0474. The van der Waals surface area contributed by atoms with Crippen LogP contribution < -0.4 is 0 Å². The van der Waals surface area contributed by atoms with E-state index >= 15 is 0 Å². The van der Waals surface area contributed by atoms with Crippen LogP contribution in [0.5, 0.6) is 0 Å². The summed E-state index contributed by atoms with van der Waals surface area (Å²) in [6.45, 7) is 2.27. The summed E-state index contributed by atoms with van der Waals surface area (Å²) in [5, 5.41) is 0. The number of esters is 1. The molecule has 0 aliphatic carbocycles. The van der Waals surface area contributed by atoms with Crippen molar-refractivity contribution in [2.45, 2.75) is 37.8 Å². The molecule has 1 aromatic rings. The molecule has 0 saturated carbocycles. The lowest BCUT2D eigenvalue weighted by molar-refractivity contribution is -0.150. The Kier molecular flexibility index (Phi) is 4.28. The second-order valence-electron chi connectivity index (χ2n) is 6.47. The summed E-state index contributed by atoms with van der Waals surface area (Å²) in [4.78, 5) is 14.9. The Morgan fingerprint density at radius 2 is 1.95 bits per heavy atom. The van der Waals surface area contributed by atoms with Gasteiger partial charge in [0.2, 0.25) is 0 Å². The van der Waals surface area contributed by atoms with Crippen LogP contribution in [0.25, 0.3) is 0 Å². The third kappa shape index (κ3) is 2.61. The number of ether oxygens (including phenoxy) is 1. The van der Waals surface area contributed by atoms with E-state index in [2.05, 4.69) is 65.7 Å². The number of rotatable bonds is 2. The Morgan fingerprint density at radius 1 is 1.29 bits per heavy atom. The van der Waals surface area contributed by atoms with Crippen molar-refractivity contribution in [3.63, 3.8) is 0 Å². The second-order valence-corrected chi connectivity index (χ2v) is 7.71. The highest BCUT2D eigenvalue weighted by molar-refractivity contribution is 14.1. The van der Waals surface area contributed by atoms with E-state index in [1.807, 2.05) is 0 Å². The van der Waals surface area contributed by atoms with Crippen LogP contribution in [0.3, 0.4) is 0 Å². The summed E-state index contributed by atoms with van der Waals surface area (Å²) in [7, 11) is 3.68. The van der Waals surface area contributed by atoms with Crippen molar-refractivity contribution in [2.24, 2.45) is 11.8 Å². The summed E-state index contributed by atoms with van der Waals surface area (Å²) < 4.78 is 6.38. The number of nitrogens with zero attached hydrogens (tertiary/aromatic N) is 1. The molecule has 114 valence electrons. The zero-order chi connectivity index (χ0) is 15.1. The number of hydrogen-bond donors (Lipinski definition) is 0. The molecule has 21 heavy (non-hydrogen) atoms. The highest BCUT2D eigenvalue weighted by Gasteiger charge is 2.52. The average Bonchev–Trinajstić information content (AvgIpc) is 2.66. The minimum atomic E-state index is -0.0531. The number of halogens is 1. The van der Waals surface area contributed by atoms with Crippen molar-refractivity contribution in [3.05, 3.63) is 33.4 Å². The van der Waals surface area contributed by atoms with Crippen molar-refractivity contribution in [2.75, 3.05) is 14.2 Å². The van der Waals surface area contributed by atoms with Crippen LogP contribution in [0.4, 0.5) is 0 Å². The SMILES string of the molecule is COC(=O)[C@@H]1[C@H]2[C@H](C)C[C@@H](C[C@@H]1c1ccc(I)cc1)N2C. The Balaban J connectivity index is 1.98. The number of benzene rings is 1. The number of fused-ring (bicyclic) bond motifs is 2. The molecule has 2 aliphatic heterocycles. The fourth-order valence-electron chi connectivity index (χ4n) is 4.42. The number of hydrogen-bond acceptors (Lipinski definition) is 3. The molecule has 0 aromatic heterocycles. The summed E-state index contributed by atoms with van der Waals surface area (Å²) in [6.07, 6.45) is 2.24. The first-order chi connectivity index (χ1) is 10.0. The monoisotopic (exact) mass is 399 g/mol. The maximum Gasteiger partial charge on any atom is 0.310 e. The van der Waals surface area contributed by atoms with Gasteiger partial charge in [-0.3, -0.25) is 9.69 Å². The molecule has 2 fully saturated rings. The maximum atomic E-state index is 12.4. The van der Waals surface area contributed by atoms with Crippen LogP contribution in [0.2, 0.25) is 0 Å². The number of carbonyl (C=O) groups excluding carboxylic acids is 1. The van der Waals surface area contributed by atoms with E-state index in [0.717, 1.165) is 6.42 Å². The Labute approximate surface area is 140 Å². The summed E-state index contributed by atoms with van der Waals surface area (Å²) >= 11 is 2.32. The van der Waals surface area contributed by atoms with Crippen LogP contribution in [0.15, 0.2) is 24.3 Å². The highest BCUT2D eigenvalue weighted by atomic mass is 127. The van der Waals surface area contributed by atoms with Gasteiger partial charge in [0.15, 0.2) is 0 Å². The predicted octanol–water partition coefficient (Wildman–Crippen LogP) is 3.28. The largest absolute Gasteiger partial charge is 0.469 e. The normalized spacial score (nSPS) is 35.7. The molecule has 0 spiro atoms. The summed E-state index contributed by atoms with van der Waals surface area (Å²) in [6, 6.07) is 9.52. The number of carbonyl (C=O) groups is 1. The molecule has 2 saturated heterocycles. The van der Waals surface area contributed by atoms with Gasteiger partial charge in [-0.25, -0.2) is 0 Å². The van der Waals surface area contributed by atoms with Crippen molar-refractivity contribution in [1.82, 2.24) is 4.90 Å². The van der Waals surface area contributed by atoms with E-state index in [4.69, 9.17) is 4.74 Å². The Bertz CT molecular complexity index is 530. The maximum absolute atomic E-state index is 12.4. The predicted molar refractivity (Wildman–Crippen MR) is 91.1 cm³/mol. The summed E-state index contributed by atoms with van der Waals surface area (Å²) in [5.74, 6) is 0.736. The van der Waals surface area contributed by atoms with Gasteiger partial charge in [0.25, 0.3) is 0 Å². The standard InChI is InChI=1S/C17H22INO2/c1-10-8-13-9-14(11-4-6-12(18)7-5-11)15(17(20)21-3)16(10)19(13)2/h4-7,10,13-16H,8-9H2,1-3H3/t10-,13+,14-,15+,16-/m1/s1. The topological polar surface area (TPSA) is 29.5 Å². The molecular weight excluding hydrogens is 377 g/mol. The van der Waals surface area contributed by atoms with E-state index in [1.54, 1.807) is 0 Å². The lowest BCUT2D eigenvalue weighted by Crippen LogP contribution is -2.50. The first kappa shape index (κ1) is 15.3. The van der Waals surface area contributed by atoms with E-state index in [1.165, 1.54) is 22.7 Å². The van der Waals surface area contributed by atoms with Crippen LogP contribution in [-0.2, 0) is 9.53 Å². The van der Waals surface area contributed by atoms with Gasteiger partial charge in [-0.1, -0.05) is 19.1 Å². The number of methoxy groups -OCH3 is 1. The zero-order valence-corrected chi connectivity index (χ0v) is 14.9. The molecule has 0 amide bonds. The molecule has 4 heteroatoms. The first-order valence-corrected chi connectivity index (χ1v) is 8.66. The van der Waals surface area contributed by atoms with E-state index < -0.39 is 0 Å². The molecule has 2 bridgehead atoms. The molecule has 0 radical (unpaired) electrons. The van der Waals surface area contributed by atoms with Crippen molar-refractivity contribution in [1.29, 1.82) is 0 Å². The first-order valence-electron chi connectivity index (χ1n) is 7.58. The van der Waals surface area contributed by atoms with Crippen LogP contribution in [0, 0.1) is 15.4 Å². The molecular formula is C17H22INO2. The van der Waals surface area contributed by atoms with Gasteiger partial charge in [0.1, 0.15) is 0 Å². The second kappa shape index (κ2) is 5.88. The zero-order valence-electron chi connectivity index (χ0n) is 12.8. The van der Waals surface area contributed by atoms with Crippen LogP contribution in [-0.4, -0.2) is 37.1 Å². The molecule has 3 rings (SSSR count). The van der Waals surface area contributed by atoms with Crippen molar-refractivity contribution >= 4 is 28.6 Å². The Hall–Kier alpha value is -0.620. The van der Waals surface area contributed by atoms with Gasteiger partial charge in [-0.15, -0.1) is 0 Å². The fourth-order valence-corrected chi connectivity index (χ4v) is 4.78. The molecule has 2 heterocycles. The van der Waals surface area contributed by atoms with E-state index in [-0.39, 0.29) is 17.8 Å². The lowest BCUT2D eigenvalue weighted by Gasteiger charge is -2.42. The van der Waals surface area contributed by atoms with Crippen molar-refractivity contribution in [3.8, 4) is 0 Å². The third-order valence-corrected chi connectivity index (χ3v) is 6.09. The van der Waals surface area contributed by atoms with Gasteiger partial charge in [0, 0.05) is 21.6 Å². The molecule has 2 aliphatic rings. The molecule has 3 nitrogen and oxygen atoms in total. The smallest absolute Gasteiger partial charge is 0.310 e. The van der Waals surface area contributed by atoms with Crippen LogP contribution >= 0.6 is 22.6 Å².